The number of hydrogen-bond donors (Lipinski definition) is 4. The maximum absolute atomic E-state index is 11.0. The van der Waals surface area contributed by atoms with Crippen LogP contribution in [0.4, 0.5) is 0 Å². The van der Waals surface area contributed by atoms with Gasteiger partial charge in [0.15, 0.2) is 33.3 Å². The predicted molar refractivity (Wildman–Crippen MR) is 307 cm³/mol. The third-order valence-electron chi connectivity index (χ3n) is 8.68. The highest BCUT2D eigenvalue weighted by Crippen LogP contribution is 2.30. The summed E-state index contributed by atoms with van der Waals surface area (Å²) in [6.07, 6.45) is 3.97. The largest absolute Gasteiger partial charge is 0.500 e. The van der Waals surface area contributed by atoms with Gasteiger partial charge in [-0.25, -0.2) is 10.5 Å². The van der Waals surface area contributed by atoms with Crippen LogP contribution in [0.2, 0.25) is 110 Å². The van der Waals surface area contributed by atoms with Crippen molar-refractivity contribution in [2.75, 3.05) is 48.8 Å². The number of ether oxygens (including phenoxy) is 1. The maximum Gasteiger partial charge on any atom is 0.500 e. The van der Waals surface area contributed by atoms with Crippen LogP contribution in [-0.2, 0) is 83.1 Å². The number of rotatable bonds is 29. The highest BCUT2D eigenvalue weighted by atomic mass is 32.2. The molecule has 73 heavy (non-hydrogen) atoms. The molecule has 0 radical (unpaired) electrons. The summed E-state index contributed by atoms with van der Waals surface area (Å²) in [5, 5.41) is 23.5. The van der Waals surface area contributed by atoms with Crippen LogP contribution in [0.5, 0.6) is 0 Å². The van der Waals surface area contributed by atoms with Gasteiger partial charge in [-0.15, -0.1) is 8.67 Å². The minimum absolute atomic E-state index is 0. The van der Waals surface area contributed by atoms with Gasteiger partial charge in [-0.1, -0.05) is 41.8 Å². The van der Waals surface area contributed by atoms with Crippen molar-refractivity contribution in [1.29, 1.82) is 0 Å². The first kappa shape index (κ1) is 77.5. The Morgan fingerprint density at radius 2 is 0.753 bits per heavy atom. The molecule has 2 unspecified atom stereocenters. The molecule has 6 N–H and O–H groups in total. The third-order valence-corrected chi connectivity index (χ3v) is 36.3. The summed E-state index contributed by atoms with van der Waals surface area (Å²) in [5.41, 5.74) is 2.17. The molecule has 3 rings (SSSR count). The first-order valence-corrected chi connectivity index (χ1v) is 48.8. The molecule has 1 fully saturated rings. The van der Waals surface area contributed by atoms with E-state index in [1.54, 1.807) is 55.2 Å². The van der Waals surface area contributed by atoms with E-state index in [1.165, 1.54) is 12.8 Å². The van der Waals surface area contributed by atoms with E-state index < -0.39 is 77.3 Å². The number of benzene rings is 2. The second-order valence-corrected chi connectivity index (χ2v) is 54.6. The molecule has 0 spiro atoms. The standard InChI is InChI=1S/C18H40O10SSi5.C11H18O6SSi.C7H22O3Si3.C4H8O.CH4.H2O/c1-21-34(22-2,16-15-17-11-13-18(14-12-17)29-24-23-19)28-33(10,26-31(6,7)8)27-32(9,20)25-30(3,4)5;1-13-19(14-2,15-3)9-8-10-4-6-11(7-5-10)18-17-16-12;1-11(2,3)9-13(7,8)10-12(4,5)6;1-2-4-5-3-1;;/h11-14,19-20H,15-16H2,1-10H3;4-7,12H,8-9H2,1-3H3;8H,1-7H3;1-4H2;1H4;1H2. The Morgan fingerprint density at radius 3 is 1.01 bits per heavy atom. The maximum atomic E-state index is 11.0. The normalized spacial score (nSPS) is 15.2. The van der Waals surface area contributed by atoms with Crippen LogP contribution in [0.15, 0.2) is 58.3 Å². The molecule has 0 saturated carbocycles. The van der Waals surface area contributed by atoms with Gasteiger partial charge in [0.2, 0.25) is 0 Å². The van der Waals surface area contributed by atoms with Crippen LogP contribution < -0.4 is 0 Å². The molecule has 0 amide bonds. The Bertz CT molecular complexity index is 1660. The quantitative estimate of drug-likeness (QED) is 0.0255. The van der Waals surface area contributed by atoms with E-state index in [2.05, 4.69) is 58.0 Å². The van der Waals surface area contributed by atoms with E-state index in [4.69, 9.17) is 62.1 Å². The van der Waals surface area contributed by atoms with E-state index in [0.717, 1.165) is 64.6 Å². The molecule has 32 heteroatoms. The monoisotopic (exact) mass is 1240 g/mol. The molecular formula is C41H94O21S2Si9. The van der Waals surface area contributed by atoms with Crippen molar-refractivity contribution in [1.82, 2.24) is 0 Å². The topological polar surface area (TPSA) is 260 Å². The zero-order chi connectivity index (χ0) is 54.9. The van der Waals surface area contributed by atoms with Gasteiger partial charge < -0.3 is 66.6 Å². The summed E-state index contributed by atoms with van der Waals surface area (Å²) in [6, 6.07) is 16.4. The summed E-state index contributed by atoms with van der Waals surface area (Å²) in [6.45, 7) is 31.5. The summed E-state index contributed by atoms with van der Waals surface area (Å²) in [7, 11) is -15.2. The van der Waals surface area contributed by atoms with Crippen LogP contribution in [0.1, 0.15) is 31.4 Å². The lowest BCUT2D eigenvalue weighted by atomic mass is 10.2. The lowest BCUT2D eigenvalue weighted by Crippen LogP contribution is -2.64. The molecule has 1 heterocycles. The summed E-state index contributed by atoms with van der Waals surface area (Å²) in [4.78, 5) is 22.6. The molecule has 2 aromatic carbocycles. The minimum Gasteiger partial charge on any atom is -0.417 e. The minimum atomic E-state index is -3.54. The Morgan fingerprint density at radius 1 is 0.452 bits per heavy atom. The zero-order valence-electron chi connectivity index (χ0n) is 46.4. The molecule has 2 aromatic rings. The van der Waals surface area contributed by atoms with Crippen LogP contribution in [-0.4, -0.2) is 152 Å². The van der Waals surface area contributed by atoms with Gasteiger partial charge in [-0.2, -0.15) is 0 Å². The van der Waals surface area contributed by atoms with Gasteiger partial charge in [0.25, 0.3) is 0 Å². The molecule has 1 aliphatic rings. The van der Waals surface area contributed by atoms with E-state index >= 15 is 0 Å². The van der Waals surface area contributed by atoms with Gasteiger partial charge in [-0.3, -0.25) is 0 Å². The van der Waals surface area contributed by atoms with Crippen molar-refractivity contribution in [2.24, 2.45) is 0 Å². The highest BCUT2D eigenvalue weighted by molar-refractivity contribution is 7.94. The van der Waals surface area contributed by atoms with Crippen molar-refractivity contribution < 1.29 is 95.9 Å². The van der Waals surface area contributed by atoms with Gasteiger partial charge in [0.05, 0.1) is 24.1 Å². The second kappa shape index (κ2) is 36.5. The average molecular weight is 1240 g/mol. The molecule has 2 atom stereocenters. The Kier molecular flexibility index (Phi) is 38.7. The van der Waals surface area contributed by atoms with Crippen molar-refractivity contribution in [2.45, 2.75) is 153 Å². The van der Waals surface area contributed by atoms with Crippen molar-refractivity contribution in [3.63, 3.8) is 0 Å². The first-order chi connectivity index (χ1) is 32.6. The van der Waals surface area contributed by atoms with Crippen LogP contribution in [0.3, 0.4) is 0 Å². The SMILES string of the molecule is C.C1CCOC1.CO[Si](CCc1ccc(SOOO)cc1)(OC)OC.CO[Si](CCc1ccc(SOOO)cc1)(OC)O[Si](C)(O[Si](C)(C)C)O[Si](C)(O)O[Si](C)(C)C.C[Si](C)(C)O[Si](C)(O)O[Si](C)(C)C.O. The predicted octanol–water partition coefficient (Wildman–Crippen LogP) is 10.1. The average Bonchev–Trinajstić information content (AvgIpc) is 3.83. The Balaban J connectivity index is -0.00000105. The number of hydrogen-bond acceptors (Lipinski definition) is 22. The van der Waals surface area contributed by atoms with E-state index in [9.17, 15) is 9.59 Å². The van der Waals surface area contributed by atoms with Gasteiger partial charge in [-0.05, 0) is 140 Å². The molecule has 1 aliphatic heterocycles. The van der Waals surface area contributed by atoms with Gasteiger partial charge in [0, 0.05) is 90.3 Å². The lowest BCUT2D eigenvalue weighted by molar-refractivity contribution is -0.432. The Labute approximate surface area is 456 Å². The van der Waals surface area contributed by atoms with Crippen LogP contribution in [0.25, 0.3) is 0 Å². The van der Waals surface area contributed by atoms with Gasteiger partial charge in [0.1, 0.15) is 0 Å². The van der Waals surface area contributed by atoms with Crippen molar-refractivity contribution in [3.05, 3.63) is 59.7 Å². The molecule has 0 aromatic heterocycles. The van der Waals surface area contributed by atoms with E-state index in [0.29, 0.717) is 18.5 Å². The fourth-order valence-electron chi connectivity index (χ4n) is 6.61. The fraction of sp³-hybridized carbons (Fsp3) is 0.707. The molecule has 0 aliphatic carbocycles. The van der Waals surface area contributed by atoms with E-state index in [1.807, 2.05) is 87.8 Å². The molecule has 0 bridgehead atoms. The Hall–Kier alpha value is 0.252. The fourth-order valence-corrected chi connectivity index (χ4v) is 37.1. The second-order valence-electron chi connectivity index (χ2n) is 20.2. The molecule has 432 valence electrons. The summed E-state index contributed by atoms with van der Waals surface area (Å²) in [5.74, 6) is 0. The van der Waals surface area contributed by atoms with Crippen molar-refractivity contribution >= 4 is 101 Å². The molecular weight excluding hydrogens is 1150 g/mol. The zero-order valence-corrected chi connectivity index (χ0v) is 57.0. The lowest BCUT2D eigenvalue weighted by Gasteiger charge is -2.42. The van der Waals surface area contributed by atoms with Crippen molar-refractivity contribution in [3.8, 4) is 0 Å². The summed E-state index contributed by atoms with van der Waals surface area (Å²) >= 11 is 1.82. The first-order valence-electron chi connectivity index (χ1n) is 23.0. The highest BCUT2D eigenvalue weighted by Gasteiger charge is 2.56. The van der Waals surface area contributed by atoms with Crippen LogP contribution >= 0.6 is 24.1 Å². The van der Waals surface area contributed by atoms with Crippen LogP contribution in [0, 0.1) is 0 Å². The third kappa shape index (κ3) is 38.5. The molecule has 1 saturated heterocycles. The van der Waals surface area contributed by atoms with Gasteiger partial charge >= 0.3 is 44.0 Å². The van der Waals surface area contributed by atoms with E-state index in [-0.39, 0.29) is 12.9 Å². The molecule has 21 nitrogen and oxygen atoms in total. The number of aryl methyl sites for hydroxylation is 2. The smallest absolute Gasteiger partial charge is 0.417 e. The summed E-state index contributed by atoms with van der Waals surface area (Å²) < 4.78 is 77.9.